The second-order valence-electron chi connectivity index (χ2n) is 6.48. The van der Waals surface area contributed by atoms with Crippen LogP contribution in [-0.4, -0.2) is 39.5 Å². The molecule has 1 aromatic carbocycles. The first-order chi connectivity index (χ1) is 13.3. The van der Waals surface area contributed by atoms with Gasteiger partial charge in [0.25, 0.3) is 0 Å². The fraction of sp³-hybridized carbons (Fsp3) is 0.263. The number of carbonyl (C=O) groups is 2. The van der Waals surface area contributed by atoms with Gasteiger partial charge >= 0.3 is 11.9 Å². The van der Waals surface area contributed by atoms with E-state index < -0.39 is 18.0 Å². The van der Waals surface area contributed by atoms with Gasteiger partial charge in [0.05, 0.1) is 17.7 Å². The lowest BCUT2D eigenvalue weighted by atomic mass is 10.0. The van der Waals surface area contributed by atoms with Gasteiger partial charge in [-0.05, 0) is 30.3 Å². The lowest BCUT2D eigenvalue weighted by Crippen LogP contribution is -2.23. The molecule has 0 radical (unpaired) electrons. The van der Waals surface area contributed by atoms with E-state index in [1.54, 1.807) is 32.1 Å². The number of hydrogen-bond acceptors (Lipinski definition) is 7. The summed E-state index contributed by atoms with van der Waals surface area (Å²) in [4.78, 5) is 28.5. The van der Waals surface area contributed by atoms with Crippen molar-refractivity contribution in [2.75, 3.05) is 7.11 Å². The number of esters is 1. The van der Waals surface area contributed by atoms with Crippen LogP contribution >= 0.6 is 23.6 Å². The van der Waals surface area contributed by atoms with E-state index in [9.17, 15) is 19.8 Å². The number of carbonyl (C=O) groups excluding carboxylic acids is 1. The number of aromatic hydroxyl groups is 1. The van der Waals surface area contributed by atoms with Crippen molar-refractivity contribution in [1.82, 2.24) is 4.57 Å². The minimum absolute atomic E-state index is 0.118. The molecule has 2 aromatic rings. The van der Waals surface area contributed by atoms with Gasteiger partial charge in [-0.15, -0.1) is 11.3 Å². The Balaban J connectivity index is 2.17. The van der Waals surface area contributed by atoms with Crippen LogP contribution in [0.3, 0.4) is 0 Å². The van der Waals surface area contributed by atoms with Gasteiger partial charge in [0.2, 0.25) is 5.88 Å². The number of aliphatic carboxylic acids is 1. The van der Waals surface area contributed by atoms with Crippen LogP contribution in [0, 0.1) is 9.87 Å². The van der Waals surface area contributed by atoms with E-state index in [-0.39, 0.29) is 21.5 Å². The summed E-state index contributed by atoms with van der Waals surface area (Å²) in [5.41, 5.74) is 1.93. The predicted octanol–water partition coefficient (Wildman–Crippen LogP) is 4.07. The predicted molar refractivity (Wildman–Crippen MR) is 110 cm³/mol. The van der Waals surface area contributed by atoms with E-state index in [0.717, 1.165) is 11.3 Å². The Morgan fingerprint density at radius 1 is 1.32 bits per heavy atom. The highest BCUT2D eigenvalue weighted by Gasteiger charge is 2.30. The standard InChI is InChI=1S/C19H18N2O5S2/c1-9(2)15(17(23)24)21-16(22)13(28-19(21)27)8-11-10-6-4-5-7-12(10)20-14(11)18(25)26-3/h4-9,15,22H,1-3H3,(H,23,24). The highest BCUT2D eigenvalue weighted by molar-refractivity contribution is 7.73. The molecule has 1 atom stereocenters. The Hall–Kier alpha value is -2.78. The molecular formula is C19H18N2O5S2. The number of aromatic nitrogens is 1. The molecule has 1 aromatic heterocycles. The monoisotopic (exact) mass is 418 g/mol. The number of rotatable bonds is 5. The zero-order valence-electron chi connectivity index (χ0n) is 15.4. The molecule has 3 rings (SSSR count). The summed E-state index contributed by atoms with van der Waals surface area (Å²) in [7, 11) is 1.27. The van der Waals surface area contributed by atoms with Crippen molar-refractivity contribution >= 4 is 58.5 Å². The molecule has 0 fully saturated rings. The summed E-state index contributed by atoms with van der Waals surface area (Å²) in [6, 6.07) is 6.20. The van der Waals surface area contributed by atoms with Gasteiger partial charge in [-0.3, -0.25) is 4.57 Å². The largest absolute Gasteiger partial charge is 0.493 e. The maximum atomic E-state index is 12.2. The quantitative estimate of drug-likeness (QED) is 0.561. The lowest BCUT2D eigenvalue weighted by Gasteiger charge is -2.18. The second-order valence-corrected chi connectivity index (χ2v) is 8.16. The summed E-state index contributed by atoms with van der Waals surface area (Å²) < 4.78 is 6.28. The van der Waals surface area contributed by atoms with E-state index in [1.807, 2.05) is 12.1 Å². The maximum Gasteiger partial charge on any atom is 0.357 e. The first kappa shape index (κ1) is 20.0. The Bertz CT molecular complexity index is 1080. The van der Waals surface area contributed by atoms with Crippen molar-refractivity contribution in [3.63, 3.8) is 0 Å². The molecule has 0 saturated heterocycles. The van der Waals surface area contributed by atoms with Gasteiger partial charge in [0, 0.05) is 11.1 Å². The van der Waals surface area contributed by atoms with Crippen LogP contribution in [0.5, 0.6) is 5.88 Å². The van der Waals surface area contributed by atoms with Crippen LogP contribution in [0.25, 0.3) is 11.6 Å². The summed E-state index contributed by atoms with van der Waals surface area (Å²) in [5.74, 6) is -2.22. The van der Waals surface area contributed by atoms with E-state index in [4.69, 9.17) is 17.0 Å². The Labute approximate surface area is 170 Å². The molecule has 0 amide bonds. The smallest absolute Gasteiger partial charge is 0.357 e. The minimum Gasteiger partial charge on any atom is -0.493 e. The van der Waals surface area contributed by atoms with Crippen LogP contribution < -0.4 is 0 Å². The first-order valence-corrected chi connectivity index (χ1v) is 9.64. The fourth-order valence-electron chi connectivity index (χ4n) is 3.06. The molecule has 146 valence electrons. The molecule has 0 bridgehead atoms. The molecule has 1 aliphatic rings. The number of para-hydroxylation sites is 1. The van der Waals surface area contributed by atoms with Crippen molar-refractivity contribution in [3.05, 3.63) is 38.7 Å². The van der Waals surface area contributed by atoms with Crippen LogP contribution in [0.1, 0.15) is 30.3 Å². The van der Waals surface area contributed by atoms with Crippen molar-refractivity contribution in [1.29, 1.82) is 0 Å². The summed E-state index contributed by atoms with van der Waals surface area (Å²) >= 11 is 6.37. The molecule has 2 heterocycles. The average Bonchev–Trinajstić information content (AvgIpc) is 3.14. The number of aliphatic imine (C=N–C) groups is 1. The third-order valence-electron chi connectivity index (χ3n) is 4.34. The fourth-order valence-corrected chi connectivity index (χ4v) is 4.39. The topological polar surface area (TPSA) is 101 Å². The van der Waals surface area contributed by atoms with Crippen LogP contribution in [-0.2, 0) is 14.3 Å². The van der Waals surface area contributed by atoms with Crippen molar-refractivity contribution in [2.24, 2.45) is 10.9 Å². The number of thiazole rings is 1. The van der Waals surface area contributed by atoms with Gasteiger partial charge in [0.15, 0.2) is 9.67 Å². The number of benzene rings is 1. The molecule has 7 nitrogen and oxygen atoms in total. The van der Waals surface area contributed by atoms with E-state index in [0.29, 0.717) is 21.7 Å². The van der Waals surface area contributed by atoms with Crippen molar-refractivity contribution in [3.8, 4) is 5.88 Å². The third-order valence-corrected chi connectivity index (χ3v) is 5.68. The number of ether oxygens (including phenoxy) is 1. The van der Waals surface area contributed by atoms with Crippen LogP contribution in [0.4, 0.5) is 5.69 Å². The third kappa shape index (κ3) is 3.38. The Morgan fingerprint density at radius 2 is 2.00 bits per heavy atom. The van der Waals surface area contributed by atoms with E-state index in [1.165, 1.54) is 11.7 Å². The van der Waals surface area contributed by atoms with E-state index >= 15 is 0 Å². The average molecular weight is 418 g/mol. The Morgan fingerprint density at radius 3 is 2.61 bits per heavy atom. The van der Waals surface area contributed by atoms with Crippen molar-refractivity contribution < 1.29 is 24.5 Å². The number of carboxylic acid groups (broad SMARTS) is 1. The number of carboxylic acids is 1. The highest BCUT2D eigenvalue weighted by atomic mass is 32.1. The maximum absolute atomic E-state index is 12.2. The molecule has 1 unspecified atom stereocenters. The molecule has 0 spiro atoms. The molecule has 1 aliphatic heterocycles. The zero-order valence-corrected chi connectivity index (χ0v) is 17.0. The van der Waals surface area contributed by atoms with Gasteiger partial charge in [-0.1, -0.05) is 32.0 Å². The number of nitrogens with zero attached hydrogens (tertiary/aromatic N) is 2. The Kier molecular flexibility index (Phi) is 5.48. The minimum atomic E-state index is -1.08. The lowest BCUT2D eigenvalue weighted by molar-refractivity contribution is -0.142. The zero-order chi connectivity index (χ0) is 20.6. The SMILES string of the molecule is COC(=O)C1=Nc2ccccc2C1=Cc1sc(=S)n(C(C(=O)O)C(C)C)c1O. The molecule has 9 heteroatoms. The molecule has 0 saturated carbocycles. The van der Waals surface area contributed by atoms with Gasteiger partial charge in [0.1, 0.15) is 6.04 Å². The first-order valence-electron chi connectivity index (χ1n) is 8.41. The van der Waals surface area contributed by atoms with Crippen LogP contribution in [0.15, 0.2) is 29.3 Å². The van der Waals surface area contributed by atoms with Crippen molar-refractivity contribution in [2.45, 2.75) is 19.9 Å². The highest BCUT2D eigenvalue weighted by Crippen LogP contribution is 2.40. The van der Waals surface area contributed by atoms with Crippen LogP contribution in [0.2, 0.25) is 0 Å². The van der Waals surface area contributed by atoms with Gasteiger partial charge in [-0.25, -0.2) is 14.6 Å². The molecule has 0 aliphatic carbocycles. The second kappa shape index (κ2) is 7.69. The van der Waals surface area contributed by atoms with E-state index in [2.05, 4.69) is 4.99 Å². The van der Waals surface area contributed by atoms with Gasteiger partial charge in [-0.2, -0.15) is 0 Å². The number of fused-ring (bicyclic) bond motifs is 1. The molecule has 2 N–H and O–H groups in total. The van der Waals surface area contributed by atoms with Gasteiger partial charge < -0.3 is 14.9 Å². The summed E-state index contributed by atoms with van der Waals surface area (Å²) in [5, 5.41) is 20.3. The number of hydrogen-bond donors (Lipinski definition) is 2. The molecular weight excluding hydrogens is 400 g/mol. The normalized spacial score (nSPS) is 15.4. The summed E-state index contributed by atoms with van der Waals surface area (Å²) in [6.07, 6.45) is 1.59. The number of methoxy groups -OCH3 is 1. The molecule has 28 heavy (non-hydrogen) atoms. The summed E-state index contributed by atoms with van der Waals surface area (Å²) in [6.45, 7) is 3.48.